The molecule has 0 radical (unpaired) electrons. The smallest absolute Gasteiger partial charge is 0.241 e. The molecule has 2 amide bonds. The maximum absolute atomic E-state index is 11.6. The van der Waals surface area contributed by atoms with Gasteiger partial charge in [-0.05, 0) is 13.3 Å². The van der Waals surface area contributed by atoms with Crippen LogP contribution in [0.25, 0.3) is 0 Å². The van der Waals surface area contributed by atoms with E-state index in [4.69, 9.17) is 0 Å². The molecule has 0 fully saturated rings. The van der Waals surface area contributed by atoms with Crippen LogP contribution in [0, 0.1) is 0 Å². The van der Waals surface area contributed by atoms with E-state index in [9.17, 15) is 9.59 Å². The van der Waals surface area contributed by atoms with Crippen molar-refractivity contribution in [2.24, 2.45) is 0 Å². The zero-order valence-electron chi connectivity index (χ0n) is 10.9. The van der Waals surface area contributed by atoms with Gasteiger partial charge in [-0.2, -0.15) is 0 Å². The first-order chi connectivity index (χ1) is 7.38. The normalized spacial score (nSPS) is 12.1. The van der Waals surface area contributed by atoms with Gasteiger partial charge in [0.15, 0.2) is 0 Å². The van der Waals surface area contributed by atoms with Gasteiger partial charge in [0.1, 0.15) is 0 Å². The molecule has 1 unspecified atom stereocenters. The Morgan fingerprint density at radius 1 is 1.19 bits per heavy atom. The minimum atomic E-state index is -0.0700. The molecule has 0 aliphatic rings. The van der Waals surface area contributed by atoms with Crippen molar-refractivity contribution in [3.63, 3.8) is 0 Å². The van der Waals surface area contributed by atoms with Crippen LogP contribution in [0.1, 0.15) is 20.3 Å². The van der Waals surface area contributed by atoms with Crippen molar-refractivity contribution < 1.29 is 9.59 Å². The average Bonchev–Trinajstić information content (AvgIpc) is 2.24. The predicted molar refractivity (Wildman–Crippen MR) is 64.1 cm³/mol. The minimum Gasteiger partial charge on any atom is -0.347 e. The topological polar surface area (TPSA) is 52.7 Å². The quantitative estimate of drug-likeness (QED) is 0.693. The second kappa shape index (κ2) is 7.22. The summed E-state index contributed by atoms with van der Waals surface area (Å²) in [6.45, 7) is 4.50. The average molecular weight is 229 g/mol. The van der Waals surface area contributed by atoms with Gasteiger partial charge in [-0.25, -0.2) is 0 Å². The Morgan fingerprint density at radius 2 is 1.75 bits per heavy atom. The van der Waals surface area contributed by atoms with E-state index in [0.717, 1.165) is 6.42 Å². The summed E-state index contributed by atoms with van der Waals surface area (Å²) in [4.78, 5) is 25.9. The molecule has 0 aromatic carbocycles. The van der Waals surface area contributed by atoms with Gasteiger partial charge in [0, 0.05) is 27.2 Å². The van der Waals surface area contributed by atoms with Gasteiger partial charge >= 0.3 is 0 Å². The highest BCUT2D eigenvalue weighted by atomic mass is 16.2. The second-order valence-electron chi connectivity index (χ2n) is 4.23. The summed E-state index contributed by atoms with van der Waals surface area (Å²) in [5, 5.41) is 3.10. The number of rotatable bonds is 6. The molecule has 1 atom stereocenters. The molecule has 0 aromatic heterocycles. The largest absolute Gasteiger partial charge is 0.347 e. The molecule has 0 saturated carbocycles. The molecule has 0 bridgehead atoms. The van der Waals surface area contributed by atoms with Gasteiger partial charge in [-0.15, -0.1) is 0 Å². The molecular weight excluding hydrogens is 206 g/mol. The van der Waals surface area contributed by atoms with E-state index in [1.165, 1.54) is 9.80 Å². The number of hydrogen-bond acceptors (Lipinski definition) is 3. The van der Waals surface area contributed by atoms with Crippen LogP contribution in [0.5, 0.6) is 0 Å². The summed E-state index contributed by atoms with van der Waals surface area (Å²) in [6.07, 6.45) is 0.980. The van der Waals surface area contributed by atoms with Crippen LogP contribution in [-0.2, 0) is 9.59 Å². The Labute approximate surface area is 97.8 Å². The van der Waals surface area contributed by atoms with E-state index in [-0.39, 0.29) is 24.9 Å². The van der Waals surface area contributed by atoms with Crippen molar-refractivity contribution in [2.75, 3.05) is 34.2 Å². The Morgan fingerprint density at radius 3 is 2.19 bits per heavy atom. The number of hydrogen-bond donors (Lipinski definition) is 1. The lowest BCUT2D eigenvalue weighted by molar-refractivity contribution is -0.137. The fourth-order valence-corrected chi connectivity index (χ4v) is 0.973. The molecule has 0 saturated heterocycles. The Hall–Kier alpha value is -1.10. The number of nitrogens with zero attached hydrogens (tertiary/aromatic N) is 2. The Kier molecular flexibility index (Phi) is 6.72. The first-order valence-electron chi connectivity index (χ1n) is 5.56. The van der Waals surface area contributed by atoms with E-state index in [0.29, 0.717) is 6.04 Å². The number of likely N-dealkylation sites (N-methyl/N-ethyl adjacent to an activating group) is 2. The molecule has 0 spiro atoms. The molecule has 94 valence electrons. The Balaban J connectivity index is 3.95. The van der Waals surface area contributed by atoms with Crippen molar-refractivity contribution in [3.8, 4) is 0 Å². The first kappa shape index (κ1) is 14.9. The Bertz CT molecular complexity index is 241. The van der Waals surface area contributed by atoms with Gasteiger partial charge in [0.2, 0.25) is 11.8 Å². The fraction of sp³-hybridized carbons (Fsp3) is 0.818. The first-order valence-corrected chi connectivity index (χ1v) is 5.56. The van der Waals surface area contributed by atoms with Gasteiger partial charge in [-0.3, -0.25) is 9.59 Å². The number of carbonyl (C=O) groups excluding carboxylic acids is 2. The third kappa shape index (κ3) is 5.70. The maximum Gasteiger partial charge on any atom is 0.241 e. The van der Waals surface area contributed by atoms with Gasteiger partial charge in [0.05, 0.1) is 13.1 Å². The van der Waals surface area contributed by atoms with E-state index in [1.54, 1.807) is 21.1 Å². The van der Waals surface area contributed by atoms with Crippen LogP contribution in [0.3, 0.4) is 0 Å². The minimum absolute atomic E-state index is 0.0597. The lowest BCUT2D eigenvalue weighted by Crippen LogP contribution is -2.43. The molecule has 1 N–H and O–H groups in total. The third-order valence-corrected chi connectivity index (χ3v) is 2.51. The van der Waals surface area contributed by atoms with Crippen LogP contribution in [0.15, 0.2) is 0 Å². The summed E-state index contributed by atoms with van der Waals surface area (Å²) >= 11 is 0. The molecule has 5 heteroatoms. The summed E-state index contributed by atoms with van der Waals surface area (Å²) < 4.78 is 0. The highest BCUT2D eigenvalue weighted by Gasteiger charge is 2.14. The number of amides is 2. The van der Waals surface area contributed by atoms with Crippen molar-refractivity contribution in [1.82, 2.24) is 15.1 Å². The monoisotopic (exact) mass is 229 g/mol. The molecule has 0 aromatic rings. The van der Waals surface area contributed by atoms with Crippen molar-refractivity contribution in [2.45, 2.75) is 26.3 Å². The second-order valence-corrected chi connectivity index (χ2v) is 4.23. The number of carbonyl (C=O) groups is 2. The molecule has 0 rings (SSSR count). The predicted octanol–water partition coefficient (Wildman–Crippen LogP) is -0.0789. The summed E-state index contributed by atoms with van der Waals surface area (Å²) in [5.74, 6) is -0.130. The van der Waals surface area contributed by atoms with E-state index < -0.39 is 0 Å². The standard InChI is InChI=1S/C11H23N3O2/c1-6-9(2)12-7-10(15)14(5)8-11(16)13(3)4/h9,12H,6-8H2,1-5H3. The van der Waals surface area contributed by atoms with E-state index in [1.807, 2.05) is 6.92 Å². The fourth-order valence-electron chi connectivity index (χ4n) is 0.973. The van der Waals surface area contributed by atoms with Crippen molar-refractivity contribution >= 4 is 11.8 Å². The molecule has 0 aliphatic heterocycles. The van der Waals surface area contributed by atoms with Gasteiger partial charge < -0.3 is 15.1 Å². The molecule has 5 nitrogen and oxygen atoms in total. The summed E-state index contributed by atoms with van der Waals surface area (Å²) in [5.41, 5.74) is 0. The highest BCUT2D eigenvalue weighted by molar-refractivity contribution is 5.85. The SMILES string of the molecule is CCC(C)NCC(=O)N(C)CC(=O)N(C)C. The zero-order chi connectivity index (χ0) is 12.7. The summed E-state index contributed by atoms with van der Waals surface area (Å²) in [7, 11) is 5.00. The van der Waals surface area contributed by atoms with Crippen LogP contribution in [0.2, 0.25) is 0 Å². The molecule has 16 heavy (non-hydrogen) atoms. The van der Waals surface area contributed by atoms with Crippen molar-refractivity contribution in [3.05, 3.63) is 0 Å². The van der Waals surface area contributed by atoms with Crippen molar-refractivity contribution in [1.29, 1.82) is 0 Å². The maximum atomic E-state index is 11.6. The molecular formula is C11H23N3O2. The zero-order valence-corrected chi connectivity index (χ0v) is 10.9. The van der Waals surface area contributed by atoms with Crippen LogP contribution in [0.4, 0.5) is 0 Å². The molecule has 0 heterocycles. The van der Waals surface area contributed by atoms with E-state index in [2.05, 4.69) is 12.2 Å². The van der Waals surface area contributed by atoms with Gasteiger partial charge in [0.25, 0.3) is 0 Å². The van der Waals surface area contributed by atoms with E-state index >= 15 is 0 Å². The van der Waals surface area contributed by atoms with Crippen LogP contribution < -0.4 is 5.32 Å². The highest BCUT2D eigenvalue weighted by Crippen LogP contribution is 1.90. The van der Waals surface area contributed by atoms with Crippen LogP contribution >= 0.6 is 0 Å². The lowest BCUT2D eigenvalue weighted by Gasteiger charge is -2.20. The number of nitrogens with one attached hydrogen (secondary N) is 1. The lowest BCUT2D eigenvalue weighted by atomic mass is 10.2. The third-order valence-electron chi connectivity index (χ3n) is 2.51. The van der Waals surface area contributed by atoms with Gasteiger partial charge in [-0.1, -0.05) is 6.92 Å². The summed E-state index contributed by atoms with van der Waals surface area (Å²) in [6, 6.07) is 0.321. The van der Waals surface area contributed by atoms with Crippen LogP contribution in [-0.4, -0.2) is 61.9 Å². The molecule has 0 aliphatic carbocycles.